The maximum absolute atomic E-state index is 12.0. The van der Waals surface area contributed by atoms with Gasteiger partial charge in [-0.15, -0.1) is 0 Å². The molecule has 0 aromatic rings. The molecule has 3 atom stereocenters. The quantitative estimate of drug-likeness (QED) is 0.651. The molecule has 0 aliphatic heterocycles. The number of amides is 1. The van der Waals surface area contributed by atoms with E-state index in [1.807, 2.05) is 6.92 Å². The van der Waals surface area contributed by atoms with E-state index in [2.05, 4.69) is 5.32 Å². The number of nitrogens with two attached hydrogens (primary N) is 1. The average Bonchev–Trinajstić information content (AvgIpc) is 2.36. The van der Waals surface area contributed by atoms with Crippen LogP contribution in [0.4, 0.5) is 0 Å². The minimum absolute atomic E-state index is 0.0579. The summed E-state index contributed by atoms with van der Waals surface area (Å²) < 4.78 is 0. The summed E-state index contributed by atoms with van der Waals surface area (Å²) in [5.41, 5.74) is 5.71. The Bertz CT molecular complexity index is 233. The van der Waals surface area contributed by atoms with E-state index in [1.54, 1.807) is 0 Å². The molecule has 1 fully saturated rings. The van der Waals surface area contributed by atoms with Crippen molar-refractivity contribution in [3.05, 3.63) is 0 Å². The molecule has 0 aromatic carbocycles. The van der Waals surface area contributed by atoms with Gasteiger partial charge in [0, 0.05) is 12.5 Å². The van der Waals surface area contributed by atoms with Crippen LogP contribution in [0.15, 0.2) is 0 Å². The van der Waals surface area contributed by atoms with Gasteiger partial charge in [0.25, 0.3) is 0 Å². The average molecular weight is 242 g/mol. The third kappa shape index (κ3) is 4.64. The van der Waals surface area contributed by atoms with Crippen molar-refractivity contribution in [1.82, 2.24) is 5.32 Å². The Morgan fingerprint density at radius 2 is 2.18 bits per heavy atom. The van der Waals surface area contributed by atoms with E-state index in [0.717, 1.165) is 32.1 Å². The number of nitrogens with one attached hydrogen (secondary N) is 1. The van der Waals surface area contributed by atoms with Gasteiger partial charge in [-0.1, -0.05) is 26.2 Å². The number of hydrogen-bond acceptors (Lipinski definition) is 3. The van der Waals surface area contributed by atoms with Crippen LogP contribution in [0.1, 0.15) is 45.4 Å². The molecule has 1 rings (SSSR count). The predicted octanol–water partition coefficient (Wildman–Crippen LogP) is 1.03. The predicted molar refractivity (Wildman–Crippen MR) is 68.4 cm³/mol. The Kier molecular flexibility index (Phi) is 6.52. The number of hydrogen-bond donors (Lipinski definition) is 3. The summed E-state index contributed by atoms with van der Waals surface area (Å²) in [7, 11) is 0. The van der Waals surface area contributed by atoms with Crippen LogP contribution >= 0.6 is 0 Å². The number of carbonyl (C=O) groups is 1. The van der Waals surface area contributed by atoms with Crippen LogP contribution in [-0.4, -0.2) is 30.2 Å². The maximum atomic E-state index is 12.0. The molecule has 0 heterocycles. The SMILES string of the molecule is CCCC(O)CNC(=O)C1CCCCC1CN. The molecule has 0 spiro atoms. The first kappa shape index (κ1) is 14.5. The zero-order valence-corrected chi connectivity index (χ0v) is 10.8. The minimum atomic E-state index is -0.413. The van der Waals surface area contributed by atoms with Crippen molar-refractivity contribution in [1.29, 1.82) is 0 Å². The second kappa shape index (κ2) is 7.67. The summed E-state index contributed by atoms with van der Waals surface area (Å²) in [6, 6.07) is 0. The number of aliphatic hydroxyl groups is 1. The second-order valence-electron chi connectivity index (χ2n) is 5.07. The van der Waals surface area contributed by atoms with Gasteiger partial charge in [-0.05, 0) is 31.7 Å². The summed E-state index contributed by atoms with van der Waals surface area (Å²) in [5.74, 6) is 0.463. The highest BCUT2D eigenvalue weighted by molar-refractivity contribution is 5.79. The summed E-state index contributed by atoms with van der Waals surface area (Å²) in [4.78, 5) is 12.0. The molecule has 0 radical (unpaired) electrons. The van der Waals surface area contributed by atoms with Crippen LogP contribution in [0.25, 0.3) is 0 Å². The molecular weight excluding hydrogens is 216 g/mol. The second-order valence-corrected chi connectivity index (χ2v) is 5.07. The highest BCUT2D eigenvalue weighted by Gasteiger charge is 2.29. The van der Waals surface area contributed by atoms with E-state index >= 15 is 0 Å². The molecule has 0 bridgehead atoms. The van der Waals surface area contributed by atoms with Gasteiger partial charge in [0.1, 0.15) is 0 Å². The topological polar surface area (TPSA) is 75.3 Å². The lowest BCUT2D eigenvalue weighted by molar-refractivity contribution is -0.128. The fourth-order valence-electron chi connectivity index (χ4n) is 2.62. The normalized spacial score (nSPS) is 26.5. The van der Waals surface area contributed by atoms with E-state index in [9.17, 15) is 9.90 Å². The molecule has 0 aromatic heterocycles. The molecule has 0 saturated heterocycles. The van der Waals surface area contributed by atoms with E-state index in [4.69, 9.17) is 5.73 Å². The van der Waals surface area contributed by atoms with Crippen molar-refractivity contribution in [2.24, 2.45) is 17.6 Å². The van der Waals surface area contributed by atoms with E-state index in [1.165, 1.54) is 6.42 Å². The number of aliphatic hydroxyl groups excluding tert-OH is 1. The van der Waals surface area contributed by atoms with Crippen LogP contribution < -0.4 is 11.1 Å². The minimum Gasteiger partial charge on any atom is -0.391 e. The van der Waals surface area contributed by atoms with Crippen molar-refractivity contribution in [2.45, 2.75) is 51.6 Å². The molecular formula is C13H26N2O2. The van der Waals surface area contributed by atoms with Crippen molar-refractivity contribution >= 4 is 5.91 Å². The van der Waals surface area contributed by atoms with E-state index < -0.39 is 6.10 Å². The first-order valence-corrected chi connectivity index (χ1v) is 6.84. The molecule has 1 saturated carbocycles. The van der Waals surface area contributed by atoms with Crippen LogP contribution in [0.2, 0.25) is 0 Å². The smallest absolute Gasteiger partial charge is 0.223 e. The summed E-state index contributed by atoms with van der Waals surface area (Å²) in [6.07, 6.45) is 5.57. The standard InChI is InChI=1S/C13H26N2O2/c1-2-5-11(16)9-15-13(17)12-7-4-3-6-10(12)8-14/h10-12,16H,2-9,14H2,1H3,(H,15,17). The van der Waals surface area contributed by atoms with Crippen molar-refractivity contribution in [3.63, 3.8) is 0 Å². The molecule has 100 valence electrons. The van der Waals surface area contributed by atoms with Crippen molar-refractivity contribution in [2.75, 3.05) is 13.1 Å². The van der Waals surface area contributed by atoms with Gasteiger partial charge in [0.15, 0.2) is 0 Å². The van der Waals surface area contributed by atoms with Gasteiger partial charge < -0.3 is 16.2 Å². The van der Waals surface area contributed by atoms with Crippen LogP contribution in [0, 0.1) is 11.8 Å². The first-order chi connectivity index (χ1) is 8.19. The molecule has 4 nitrogen and oxygen atoms in total. The fourth-order valence-corrected chi connectivity index (χ4v) is 2.62. The molecule has 4 N–H and O–H groups in total. The summed E-state index contributed by atoms with van der Waals surface area (Å²) in [6.45, 7) is 2.99. The van der Waals surface area contributed by atoms with Gasteiger partial charge in [-0.3, -0.25) is 4.79 Å². The van der Waals surface area contributed by atoms with E-state index in [-0.39, 0.29) is 11.8 Å². The summed E-state index contributed by atoms with van der Waals surface area (Å²) >= 11 is 0. The van der Waals surface area contributed by atoms with Gasteiger partial charge in [-0.25, -0.2) is 0 Å². The molecule has 1 aliphatic carbocycles. The van der Waals surface area contributed by atoms with Crippen LogP contribution in [-0.2, 0) is 4.79 Å². The van der Waals surface area contributed by atoms with Gasteiger partial charge in [0.05, 0.1) is 6.10 Å². The molecule has 3 unspecified atom stereocenters. The lowest BCUT2D eigenvalue weighted by atomic mass is 9.79. The fraction of sp³-hybridized carbons (Fsp3) is 0.923. The highest BCUT2D eigenvalue weighted by atomic mass is 16.3. The van der Waals surface area contributed by atoms with Crippen molar-refractivity contribution in [3.8, 4) is 0 Å². The Balaban J connectivity index is 2.34. The molecule has 4 heteroatoms. The zero-order chi connectivity index (χ0) is 12.7. The molecule has 17 heavy (non-hydrogen) atoms. The number of carbonyl (C=O) groups excluding carboxylic acids is 1. The largest absolute Gasteiger partial charge is 0.391 e. The van der Waals surface area contributed by atoms with Gasteiger partial charge >= 0.3 is 0 Å². The van der Waals surface area contributed by atoms with Gasteiger partial charge in [-0.2, -0.15) is 0 Å². The first-order valence-electron chi connectivity index (χ1n) is 6.84. The molecule has 1 amide bonds. The Morgan fingerprint density at radius 1 is 1.47 bits per heavy atom. The molecule has 1 aliphatic rings. The van der Waals surface area contributed by atoms with E-state index in [0.29, 0.717) is 19.0 Å². The Labute approximate surface area is 104 Å². The van der Waals surface area contributed by atoms with Crippen LogP contribution in [0.3, 0.4) is 0 Å². The number of rotatable bonds is 6. The third-order valence-electron chi connectivity index (χ3n) is 3.68. The lowest BCUT2D eigenvalue weighted by Gasteiger charge is -2.29. The zero-order valence-electron chi connectivity index (χ0n) is 10.8. The Hall–Kier alpha value is -0.610. The summed E-state index contributed by atoms with van der Waals surface area (Å²) in [5, 5.41) is 12.4. The van der Waals surface area contributed by atoms with Crippen molar-refractivity contribution < 1.29 is 9.90 Å². The monoisotopic (exact) mass is 242 g/mol. The lowest BCUT2D eigenvalue weighted by Crippen LogP contribution is -2.42. The van der Waals surface area contributed by atoms with Crippen LogP contribution in [0.5, 0.6) is 0 Å². The Morgan fingerprint density at radius 3 is 2.82 bits per heavy atom. The third-order valence-corrected chi connectivity index (χ3v) is 3.68. The maximum Gasteiger partial charge on any atom is 0.223 e. The highest BCUT2D eigenvalue weighted by Crippen LogP contribution is 2.29. The van der Waals surface area contributed by atoms with Gasteiger partial charge in [0.2, 0.25) is 5.91 Å².